The molecule has 0 aliphatic rings. The highest BCUT2D eigenvalue weighted by Gasteiger charge is 2.23. The number of methoxy groups -OCH3 is 1. The summed E-state index contributed by atoms with van der Waals surface area (Å²) in [5.41, 5.74) is 2.48. The Balaban J connectivity index is 2.02. The average molecular weight is 423 g/mol. The predicted molar refractivity (Wildman–Crippen MR) is 103 cm³/mol. The van der Waals surface area contributed by atoms with Crippen LogP contribution in [0.15, 0.2) is 48.7 Å². The fourth-order valence-corrected chi connectivity index (χ4v) is 4.08. The molecule has 1 heterocycles. The molecule has 11 heteroatoms. The molecule has 1 atom stereocenters. The van der Waals surface area contributed by atoms with E-state index in [1.165, 1.54) is 49.1 Å². The van der Waals surface area contributed by atoms with Gasteiger partial charge in [-0.3, -0.25) is 14.6 Å². The molecular weight excluding hydrogens is 409 g/mol. The van der Waals surface area contributed by atoms with E-state index in [9.17, 15) is 17.9 Å². The van der Waals surface area contributed by atoms with Crippen molar-refractivity contribution in [2.75, 3.05) is 11.4 Å². The summed E-state index contributed by atoms with van der Waals surface area (Å²) in [6, 6.07) is 9.81. The number of carbonyl (C=O) groups is 1. The number of thiazole rings is 1. The van der Waals surface area contributed by atoms with E-state index in [0.717, 1.165) is 15.6 Å². The summed E-state index contributed by atoms with van der Waals surface area (Å²) in [6.07, 6.45) is 1.41. The van der Waals surface area contributed by atoms with E-state index < -0.39 is 17.2 Å². The number of hydrogen-bond donors (Lipinski definition) is 3. The van der Waals surface area contributed by atoms with Crippen molar-refractivity contribution >= 4 is 39.2 Å². The van der Waals surface area contributed by atoms with Gasteiger partial charge in [0.15, 0.2) is 0 Å². The number of rotatable bonds is 6. The normalized spacial score (nSPS) is 11.7. The first-order valence-electron chi connectivity index (χ1n) is 7.70. The third-order valence-electron chi connectivity index (χ3n) is 3.70. The zero-order valence-corrected chi connectivity index (χ0v) is 16.0. The van der Waals surface area contributed by atoms with Crippen LogP contribution in [0.4, 0.5) is 15.1 Å². The maximum Gasteiger partial charge on any atom is 0.274 e. The molecule has 2 aromatic carbocycles. The lowest BCUT2D eigenvalue weighted by Crippen LogP contribution is -2.21. The molecule has 0 spiro atoms. The molecule has 146 valence electrons. The molecule has 0 aliphatic carbocycles. The number of aromatic nitrogens is 1. The van der Waals surface area contributed by atoms with Crippen molar-refractivity contribution in [1.29, 1.82) is 0 Å². The lowest BCUT2D eigenvalue weighted by Gasteiger charge is -2.20. The van der Waals surface area contributed by atoms with Gasteiger partial charge >= 0.3 is 0 Å². The van der Waals surface area contributed by atoms with Crippen LogP contribution in [0.5, 0.6) is 5.75 Å². The third kappa shape index (κ3) is 4.02. The second kappa shape index (κ2) is 8.44. The summed E-state index contributed by atoms with van der Waals surface area (Å²) in [7, 11) is 1.34. The van der Waals surface area contributed by atoms with Crippen molar-refractivity contribution in [2.45, 2.75) is 0 Å². The monoisotopic (exact) mass is 423 g/mol. The fourth-order valence-electron chi connectivity index (χ4n) is 2.42. The zero-order chi connectivity index (χ0) is 20.3. The molecule has 1 aromatic heterocycles. The van der Waals surface area contributed by atoms with Gasteiger partial charge in [-0.1, -0.05) is 11.3 Å². The van der Waals surface area contributed by atoms with E-state index in [2.05, 4.69) is 4.98 Å². The van der Waals surface area contributed by atoms with E-state index >= 15 is 0 Å². The highest BCUT2D eigenvalue weighted by atomic mass is 32.2. The van der Waals surface area contributed by atoms with Gasteiger partial charge in [-0.15, -0.1) is 0 Å². The van der Waals surface area contributed by atoms with Crippen molar-refractivity contribution in [3.8, 4) is 16.3 Å². The minimum atomic E-state index is -2.47. The van der Waals surface area contributed by atoms with Gasteiger partial charge in [-0.25, -0.2) is 23.4 Å². The molecule has 0 bridgehead atoms. The van der Waals surface area contributed by atoms with Crippen LogP contribution in [0.3, 0.4) is 0 Å². The number of nitrogens with zero attached hydrogens (tertiary/aromatic N) is 2. The van der Waals surface area contributed by atoms with Gasteiger partial charge < -0.3 is 4.74 Å². The molecule has 0 saturated heterocycles. The number of ether oxygens (including phenoxy) is 1. The summed E-state index contributed by atoms with van der Waals surface area (Å²) in [6.45, 7) is 0. The average Bonchev–Trinajstić information content (AvgIpc) is 3.17. The minimum absolute atomic E-state index is 0.100. The lowest BCUT2D eigenvalue weighted by atomic mass is 10.2. The standard InChI is InChI=1S/C17H14FN3O5S2/c1-26-14-8-11(16(22)20-23)4-7-13(14)21(28(24)25)15-9-19-17(27-15)10-2-5-12(18)6-3-10/h2-9,23H,1H3,(H,20,22)(H,24,25). The van der Waals surface area contributed by atoms with Crippen LogP contribution in [-0.4, -0.2) is 32.0 Å². The van der Waals surface area contributed by atoms with Crippen molar-refractivity contribution in [3.05, 3.63) is 60.0 Å². The van der Waals surface area contributed by atoms with Gasteiger partial charge in [-0.2, -0.15) is 0 Å². The Labute approximate surface area is 165 Å². The Morgan fingerprint density at radius 2 is 2.00 bits per heavy atom. The van der Waals surface area contributed by atoms with E-state index in [1.54, 1.807) is 12.1 Å². The van der Waals surface area contributed by atoms with E-state index in [-0.39, 0.29) is 22.8 Å². The van der Waals surface area contributed by atoms with E-state index in [1.807, 2.05) is 0 Å². The number of hydrogen-bond acceptors (Lipinski definition) is 6. The second-order valence-corrected chi connectivity index (χ2v) is 7.20. The maximum atomic E-state index is 13.1. The van der Waals surface area contributed by atoms with E-state index in [0.29, 0.717) is 15.6 Å². The molecule has 1 amide bonds. The number of halogens is 1. The SMILES string of the molecule is COc1cc(C(=O)NO)ccc1N(c1cnc(-c2ccc(F)cc2)s1)S(=O)O. The molecule has 0 radical (unpaired) electrons. The first-order chi connectivity index (χ1) is 13.4. The van der Waals surface area contributed by atoms with Crippen LogP contribution >= 0.6 is 11.3 Å². The molecule has 0 saturated carbocycles. The molecule has 0 fully saturated rings. The number of hydroxylamine groups is 1. The first kappa shape index (κ1) is 19.9. The summed E-state index contributed by atoms with van der Waals surface area (Å²) in [4.78, 5) is 15.8. The molecule has 3 aromatic rings. The van der Waals surface area contributed by atoms with Gasteiger partial charge in [-0.05, 0) is 42.5 Å². The number of carbonyl (C=O) groups excluding carboxylic acids is 1. The summed E-state index contributed by atoms with van der Waals surface area (Å²) >= 11 is -1.35. The Morgan fingerprint density at radius 1 is 1.29 bits per heavy atom. The van der Waals surface area contributed by atoms with Crippen molar-refractivity contribution < 1.29 is 27.9 Å². The highest BCUT2D eigenvalue weighted by Crippen LogP contribution is 2.40. The molecule has 1 unspecified atom stereocenters. The predicted octanol–water partition coefficient (Wildman–Crippen LogP) is 3.35. The van der Waals surface area contributed by atoms with Crippen LogP contribution in [0.2, 0.25) is 0 Å². The molecule has 0 aliphatic heterocycles. The Kier molecular flexibility index (Phi) is 5.99. The van der Waals surface area contributed by atoms with Gasteiger partial charge in [0.05, 0.1) is 19.0 Å². The third-order valence-corrected chi connectivity index (χ3v) is 5.56. The number of benzene rings is 2. The van der Waals surface area contributed by atoms with Gasteiger partial charge in [0, 0.05) is 11.1 Å². The fraction of sp³-hybridized carbons (Fsp3) is 0.0588. The Hall–Kier alpha value is -2.86. The second-order valence-electron chi connectivity index (χ2n) is 5.36. The van der Waals surface area contributed by atoms with Crippen molar-refractivity contribution in [1.82, 2.24) is 10.5 Å². The lowest BCUT2D eigenvalue weighted by molar-refractivity contribution is 0.0706. The van der Waals surface area contributed by atoms with Crippen LogP contribution in [0.1, 0.15) is 10.4 Å². The van der Waals surface area contributed by atoms with Crippen LogP contribution in [-0.2, 0) is 11.3 Å². The van der Waals surface area contributed by atoms with Crippen LogP contribution in [0.25, 0.3) is 10.6 Å². The van der Waals surface area contributed by atoms with Crippen molar-refractivity contribution in [2.24, 2.45) is 0 Å². The van der Waals surface area contributed by atoms with Crippen molar-refractivity contribution in [3.63, 3.8) is 0 Å². The summed E-state index contributed by atoms with van der Waals surface area (Å²) in [5.74, 6) is -0.992. The number of anilines is 2. The highest BCUT2D eigenvalue weighted by molar-refractivity contribution is 7.81. The number of amides is 1. The van der Waals surface area contributed by atoms with Gasteiger partial charge in [0.25, 0.3) is 17.2 Å². The molecule has 3 rings (SSSR count). The topological polar surface area (TPSA) is 112 Å². The van der Waals surface area contributed by atoms with Gasteiger partial charge in [0.1, 0.15) is 21.6 Å². The largest absolute Gasteiger partial charge is 0.495 e. The zero-order valence-electron chi connectivity index (χ0n) is 14.3. The summed E-state index contributed by atoms with van der Waals surface area (Å²) in [5, 5.41) is 9.61. The molecule has 28 heavy (non-hydrogen) atoms. The smallest absolute Gasteiger partial charge is 0.274 e. The molecular formula is C17H14FN3O5S2. The number of nitrogens with one attached hydrogen (secondary N) is 1. The summed E-state index contributed by atoms with van der Waals surface area (Å²) < 4.78 is 41.3. The minimum Gasteiger partial charge on any atom is -0.495 e. The Bertz CT molecular complexity index is 1030. The quantitative estimate of drug-likeness (QED) is 0.318. The van der Waals surface area contributed by atoms with Crippen LogP contribution < -0.4 is 14.5 Å². The first-order valence-corrected chi connectivity index (χ1v) is 9.58. The maximum absolute atomic E-state index is 13.1. The van der Waals surface area contributed by atoms with E-state index in [4.69, 9.17) is 9.94 Å². The molecule has 8 nitrogen and oxygen atoms in total. The molecule has 3 N–H and O–H groups in total. The van der Waals surface area contributed by atoms with Gasteiger partial charge in [0.2, 0.25) is 0 Å². The Morgan fingerprint density at radius 3 is 2.61 bits per heavy atom. The van der Waals surface area contributed by atoms with Crippen LogP contribution in [0, 0.1) is 5.82 Å².